The third kappa shape index (κ3) is 2.68. The average Bonchev–Trinajstić information content (AvgIpc) is 2.56. The van der Waals surface area contributed by atoms with E-state index in [0.29, 0.717) is 12.0 Å². The van der Waals surface area contributed by atoms with Crippen molar-refractivity contribution in [1.29, 1.82) is 0 Å². The van der Waals surface area contributed by atoms with Gasteiger partial charge in [0.05, 0.1) is 6.10 Å². The van der Waals surface area contributed by atoms with Gasteiger partial charge in [0, 0.05) is 12.1 Å². The zero-order chi connectivity index (χ0) is 9.90. The minimum atomic E-state index is -0.0188. The lowest BCUT2D eigenvalue weighted by Crippen LogP contribution is -2.47. The van der Waals surface area contributed by atoms with E-state index in [4.69, 9.17) is 10.5 Å². The number of ether oxygens (including phenoxy) is 1. The van der Waals surface area contributed by atoms with Crippen molar-refractivity contribution in [2.24, 2.45) is 11.7 Å². The molecule has 2 N–H and O–H groups in total. The Morgan fingerprint density at radius 1 is 1.54 bits per heavy atom. The molecule has 1 heterocycles. The van der Waals surface area contributed by atoms with Crippen LogP contribution >= 0.6 is 0 Å². The van der Waals surface area contributed by atoms with Crippen LogP contribution in [-0.2, 0) is 4.74 Å². The molecule has 0 radical (unpaired) electrons. The summed E-state index contributed by atoms with van der Waals surface area (Å²) >= 11 is 0. The van der Waals surface area contributed by atoms with Crippen LogP contribution in [0.3, 0.4) is 0 Å². The van der Waals surface area contributed by atoms with Crippen molar-refractivity contribution < 1.29 is 4.74 Å². The van der Waals surface area contributed by atoms with Gasteiger partial charge in [0.1, 0.15) is 0 Å². The van der Waals surface area contributed by atoms with Crippen LogP contribution in [0.15, 0.2) is 0 Å². The lowest BCUT2D eigenvalue weighted by molar-refractivity contribution is 0.0714. The average molecular weight is 185 g/mol. The van der Waals surface area contributed by atoms with Gasteiger partial charge < -0.3 is 10.5 Å². The van der Waals surface area contributed by atoms with Crippen molar-refractivity contribution in [2.45, 2.75) is 58.1 Å². The molecule has 1 saturated heterocycles. The Labute approximate surface area is 81.8 Å². The summed E-state index contributed by atoms with van der Waals surface area (Å²) in [6.45, 7) is 7.52. The highest BCUT2D eigenvalue weighted by atomic mass is 16.5. The first kappa shape index (κ1) is 11.0. The molecule has 13 heavy (non-hydrogen) atoms. The summed E-state index contributed by atoms with van der Waals surface area (Å²) in [4.78, 5) is 0. The predicted octanol–water partition coefficient (Wildman–Crippen LogP) is 2.32. The molecule has 0 aromatic carbocycles. The van der Waals surface area contributed by atoms with E-state index in [-0.39, 0.29) is 5.54 Å². The van der Waals surface area contributed by atoms with Gasteiger partial charge in [-0.2, -0.15) is 0 Å². The topological polar surface area (TPSA) is 35.2 Å². The summed E-state index contributed by atoms with van der Waals surface area (Å²) in [5, 5.41) is 0. The molecule has 2 nitrogen and oxygen atoms in total. The van der Waals surface area contributed by atoms with Crippen LogP contribution in [-0.4, -0.2) is 18.2 Å². The van der Waals surface area contributed by atoms with Crippen molar-refractivity contribution in [3.8, 4) is 0 Å². The van der Waals surface area contributed by atoms with Gasteiger partial charge in [-0.25, -0.2) is 0 Å². The van der Waals surface area contributed by atoms with E-state index in [0.717, 1.165) is 19.4 Å². The minimum Gasteiger partial charge on any atom is -0.378 e. The molecule has 1 aliphatic rings. The quantitative estimate of drug-likeness (QED) is 0.729. The van der Waals surface area contributed by atoms with Gasteiger partial charge in [-0.15, -0.1) is 0 Å². The maximum Gasteiger partial charge on any atom is 0.0593 e. The molecule has 0 saturated carbocycles. The summed E-state index contributed by atoms with van der Waals surface area (Å²) < 4.78 is 5.62. The van der Waals surface area contributed by atoms with Crippen LogP contribution in [0.1, 0.15) is 46.5 Å². The Kier molecular flexibility index (Phi) is 3.74. The molecule has 2 unspecified atom stereocenters. The van der Waals surface area contributed by atoms with Crippen molar-refractivity contribution in [1.82, 2.24) is 0 Å². The maximum absolute atomic E-state index is 6.34. The van der Waals surface area contributed by atoms with Gasteiger partial charge >= 0.3 is 0 Å². The normalized spacial score (nSPS) is 27.9. The lowest BCUT2D eigenvalue weighted by Gasteiger charge is -2.34. The Morgan fingerprint density at radius 2 is 2.23 bits per heavy atom. The SMILES string of the molecule is CCC(N)(CC1CCCO1)C(C)C. The summed E-state index contributed by atoms with van der Waals surface area (Å²) in [6.07, 6.45) is 4.91. The second-order valence-electron chi connectivity index (χ2n) is 4.58. The van der Waals surface area contributed by atoms with Crippen molar-refractivity contribution >= 4 is 0 Å². The fourth-order valence-corrected chi connectivity index (χ4v) is 2.02. The van der Waals surface area contributed by atoms with E-state index < -0.39 is 0 Å². The molecule has 0 aromatic rings. The van der Waals surface area contributed by atoms with Gasteiger partial charge in [0.2, 0.25) is 0 Å². The summed E-state index contributed by atoms with van der Waals surface area (Å²) in [5.74, 6) is 0.543. The molecule has 0 aromatic heterocycles. The second-order valence-corrected chi connectivity index (χ2v) is 4.58. The van der Waals surface area contributed by atoms with Crippen LogP contribution in [0, 0.1) is 5.92 Å². The van der Waals surface area contributed by atoms with Gasteiger partial charge in [0.25, 0.3) is 0 Å². The van der Waals surface area contributed by atoms with E-state index in [1.165, 1.54) is 12.8 Å². The molecule has 0 aliphatic carbocycles. The van der Waals surface area contributed by atoms with Crippen molar-refractivity contribution in [2.75, 3.05) is 6.61 Å². The first-order valence-electron chi connectivity index (χ1n) is 5.49. The van der Waals surface area contributed by atoms with Crippen molar-refractivity contribution in [3.05, 3.63) is 0 Å². The Bertz CT molecular complexity index is 152. The Hall–Kier alpha value is -0.0800. The minimum absolute atomic E-state index is 0.0188. The molecular formula is C11H23NO. The highest BCUT2D eigenvalue weighted by Gasteiger charge is 2.31. The van der Waals surface area contributed by atoms with Crippen LogP contribution in [0.25, 0.3) is 0 Å². The molecule has 0 spiro atoms. The van der Waals surface area contributed by atoms with Crippen LogP contribution in [0.2, 0.25) is 0 Å². The summed E-state index contributed by atoms with van der Waals surface area (Å²) in [6, 6.07) is 0. The molecule has 1 fully saturated rings. The molecule has 1 rings (SSSR count). The molecule has 2 heteroatoms. The van der Waals surface area contributed by atoms with Gasteiger partial charge in [0.15, 0.2) is 0 Å². The third-order valence-corrected chi connectivity index (χ3v) is 3.44. The predicted molar refractivity (Wildman–Crippen MR) is 55.6 cm³/mol. The number of rotatable bonds is 4. The number of hydrogen-bond donors (Lipinski definition) is 1. The summed E-state index contributed by atoms with van der Waals surface area (Å²) in [7, 11) is 0. The first-order valence-corrected chi connectivity index (χ1v) is 5.49. The molecule has 0 bridgehead atoms. The maximum atomic E-state index is 6.34. The molecule has 2 atom stereocenters. The number of nitrogens with two attached hydrogens (primary N) is 1. The Morgan fingerprint density at radius 3 is 2.62 bits per heavy atom. The largest absolute Gasteiger partial charge is 0.378 e. The van der Waals surface area contributed by atoms with Crippen LogP contribution < -0.4 is 5.73 Å². The van der Waals surface area contributed by atoms with Crippen LogP contribution in [0.5, 0.6) is 0 Å². The first-order chi connectivity index (χ1) is 6.08. The van der Waals surface area contributed by atoms with Gasteiger partial charge in [-0.1, -0.05) is 20.8 Å². The van der Waals surface area contributed by atoms with E-state index in [2.05, 4.69) is 20.8 Å². The smallest absolute Gasteiger partial charge is 0.0593 e. The zero-order valence-electron chi connectivity index (χ0n) is 9.18. The van der Waals surface area contributed by atoms with Crippen molar-refractivity contribution in [3.63, 3.8) is 0 Å². The van der Waals surface area contributed by atoms with Gasteiger partial charge in [-0.3, -0.25) is 0 Å². The monoisotopic (exact) mass is 185 g/mol. The number of hydrogen-bond acceptors (Lipinski definition) is 2. The molecule has 0 amide bonds. The highest BCUT2D eigenvalue weighted by molar-refractivity contribution is 4.89. The van der Waals surface area contributed by atoms with E-state index >= 15 is 0 Å². The van der Waals surface area contributed by atoms with E-state index in [1.807, 2.05) is 0 Å². The lowest BCUT2D eigenvalue weighted by atomic mass is 9.80. The Balaban J connectivity index is 2.46. The molecule has 1 aliphatic heterocycles. The van der Waals surface area contributed by atoms with Crippen LogP contribution in [0.4, 0.5) is 0 Å². The zero-order valence-corrected chi connectivity index (χ0v) is 9.18. The second kappa shape index (κ2) is 4.43. The fraction of sp³-hybridized carbons (Fsp3) is 1.00. The summed E-state index contributed by atoms with van der Waals surface area (Å²) in [5.41, 5.74) is 6.32. The van der Waals surface area contributed by atoms with E-state index in [9.17, 15) is 0 Å². The van der Waals surface area contributed by atoms with E-state index in [1.54, 1.807) is 0 Å². The standard InChI is InChI=1S/C11H23NO/c1-4-11(12,9(2)3)8-10-6-5-7-13-10/h9-10H,4-8,12H2,1-3H3. The third-order valence-electron chi connectivity index (χ3n) is 3.44. The fourth-order valence-electron chi connectivity index (χ4n) is 2.02. The van der Waals surface area contributed by atoms with Gasteiger partial charge in [-0.05, 0) is 31.6 Å². The highest BCUT2D eigenvalue weighted by Crippen LogP contribution is 2.28. The molecule has 78 valence electrons. The molecular weight excluding hydrogens is 162 g/mol.